The Labute approximate surface area is 106 Å². The van der Waals surface area contributed by atoms with Crippen molar-refractivity contribution in [1.82, 2.24) is 16.0 Å². The fraction of sp³-hybridized carbons (Fsp3) is 0.462. The van der Waals surface area contributed by atoms with Crippen LogP contribution in [0, 0.1) is 5.82 Å². The monoisotopic (exact) mass is 251 g/mol. The van der Waals surface area contributed by atoms with Crippen LogP contribution in [0.2, 0.25) is 0 Å². The van der Waals surface area contributed by atoms with Gasteiger partial charge in [-0.15, -0.1) is 0 Å². The van der Waals surface area contributed by atoms with E-state index >= 15 is 0 Å². The molecule has 0 radical (unpaired) electrons. The molecule has 1 aromatic rings. The van der Waals surface area contributed by atoms with E-state index in [1.807, 2.05) is 0 Å². The van der Waals surface area contributed by atoms with Crippen LogP contribution in [0.3, 0.4) is 0 Å². The van der Waals surface area contributed by atoms with Crippen LogP contribution in [0.1, 0.15) is 18.4 Å². The molecule has 0 aliphatic carbocycles. The third-order valence-corrected chi connectivity index (χ3v) is 2.97. The number of halogens is 1. The molecule has 2 rings (SSSR count). The van der Waals surface area contributed by atoms with Gasteiger partial charge < -0.3 is 16.0 Å². The van der Waals surface area contributed by atoms with E-state index in [9.17, 15) is 9.18 Å². The van der Waals surface area contributed by atoms with Crippen molar-refractivity contribution >= 4 is 6.03 Å². The summed E-state index contributed by atoms with van der Waals surface area (Å²) in [6.07, 6.45) is 2.08. The average Bonchev–Trinajstić information content (AvgIpc) is 2.38. The molecule has 1 saturated heterocycles. The highest BCUT2D eigenvalue weighted by Crippen LogP contribution is 2.03. The lowest BCUT2D eigenvalue weighted by Crippen LogP contribution is -2.48. The van der Waals surface area contributed by atoms with Crippen LogP contribution in [0.5, 0.6) is 0 Å². The van der Waals surface area contributed by atoms with Gasteiger partial charge >= 0.3 is 6.03 Å². The first-order valence-electron chi connectivity index (χ1n) is 6.23. The van der Waals surface area contributed by atoms with Gasteiger partial charge in [0.15, 0.2) is 0 Å². The summed E-state index contributed by atoms with van der Waals surface area (Å²) in [4.78, 5) is 11.6. The largest absolute Gasteiger partial charge is 0.334 e. The summed E-state index contributed by atoms with van der Waals surface area (Å²) in [5, 5.41) is 8.86. The Morgan fingerprint density at radius 1 is 1.50 bits per heavy atom. The molecule has 1 atom stereocenters. The second-order valence-corrected chi connectivity index (χ2v) is 4.50. The molecule has 1 fully saturated rings. The fourth-order valence-corrected chi connectivity index (χ4v) is 2.04. The van der Waals surface area contributed by atoms with E-state index in [0.29, 0.717) is 6.54 Å². The maximum atomic E-state index is 12.9. The first-order chi connectivity index (χ1) is 8.74. The van der Waals surface area contributed by atoms with Crippen molar-refractivity contribution in [1.29, 1.82) is 0 Å². The quantitative estimate of drug-likeness (QED) is 0.760. The van der Waals surface area contributed by atoms with Gasteiger partial charge in [-0.1, -0.05) is 12.1 Å². The molecule has 1 aromatic carbocycles. The predicted octanol–water partition coefficient (Wildman–Crippen LogP) is 1.38. The molecule has 0 spiro atoms. The SMILES string of the molecule is O=C(NCc1cccc(F)c1)NC1CCCNC1. The summed E-state index contributed by atoms with van der Waals surface area (Å²) < 4.78 is 12.9. The average molecular weight is 251 g/mol. The van der Waals surface area contributed by atoms with Crippen molar-refractivity contribution in [2.75, 3.05) is 13.1 Å². The minimum Gasteiger partial charge on any atom is -0.334 e. The lowest BCUT2D eigenvalue weighted by Gasteiger charge is -2.23. The minimum absolute atomic E-state index is 0.186. The molecule has 4 nitrogen and oxygen atoms in total. The molecule has 98 valence electrons. The Morgan fingerprint density at radius 3 is 3.11 bits per heavy atom. The van der Waals surface area contributed by atoms with Gasteiger partial charge in [-0.2, -0.15) is 0 Å². The minimum atomic E-state index is -0.286. The molecule has 0 aromatic heterocycles. The van der Waals surface area contributed by atoms with Gasteiger partial charge in [0.2, 0.25) is 0 Å². The molecule has 3 N–H and O–H groups in total. The zero-order chi connectivity index (χ0) is 12.8. The molecule has 18 heavy (non-hydrogen) atoms. The van der Waals surface area contributed by atoms with Crippen molar-refractivity contribution in [3.63, 3.8) is 0 Å². The molecule has 1 aliphatic heterocycles. The number of rotatable bonds is 3. The number of carbonyl (C=O) groups excluding carboxylic acids is 1. The number of urea groups is 1. The van der Waals surface area contributed by atoms with Gasteiger partial charge in [0.1, 0.15) is 5.82 Å². The summed E-state index contributed by atoms with van der Waals surface area (Å²) in [6.45, 7) is 2.17. The van der Waals surface area contributed by atoms with E-state index in [0.717, 1.165) is 31.5 Å². The first kappa shape index (κ1) is 12.8. The van der Waals surface area contributed by atoms with E-state index < -0.39 is 0 Å². The Bertz CT molecular complexity index is 405. The molecule has 1 heterocycles. The maximum Gasteiger partial charge on any atom is 0.315 e. The van der Waals surface area contributed by atoms with Gasteiger partial charge in [-0.3, -0.25) is 0 Å². The summed E-state index contributed by atoms with van der Waals surface area (Å²) >= 11 is 0. The van der Waals surface area contributed by atoms with Crippen molar-refractivity contribution in [2.45, 2.75) is 25.4 Å². The summed E-state index contributed by atoms with van der Waals surface area (Å²) in [5.41, 5.74) is 0.756. The predicted molar refractivity (Wildman–Crippen MR) is 67.7 cm³/mol. The van der Waals surface area contributed by atoms with E-state index in [-0.39, 0.29) is 17.9 Å². The number of carbonyl (C=O) groups is 1. The Kier molecular flexibility index (Phi) is 4.52. The number of piperidine rings is 1. The normalized spacial score (nSPS) is 19.3. The molecule has 2 amide bonds. The van der Waals surface area contributed by atoms with Crippen LogP contribution >= 0.6 is 0 Å². The Hall–Kier alpha value is -1.62. The summed E-state index contributed by atoms with van der Waals surface area (Å²) in [7, 11) is 0. The standard InChI is InChI=1S/C13H18FN3O/c14-11-4-1-3-10(7-11)8-16-13(18)17-12-5-2-6-15-9-12/h1,3-4,7,12,15H,2,5-6,8-9H2,(H2,16,17,18). The van der Waals surface area contributed by atoms with Crippen LogP contribution < -0.4 is 16.0 Å². The van der Waals surface area contributed by atoms with Crippen LogP contribution in [-0.4, -0.2) is 25.2 Å². The van der Waals surface area contributed by atoms with Crippen molar-refractivity contribution in [3.05, 3.63) is 35.6 Å². The zero-order valence-electron chi connectivity index (χ0n) is 10.2. The number of hydrogen-bond donors (Lipinski definition) is 3. The number of benzene rings is 1. The lowest BCUT2D eigenvalue weighted by atomic mass is 10.1. The molecular formula is C13H18FN3O. The van der Waals surface area contributed by atoms with Crippen LogP contribution in [0.25, 0.3) is 0 Å². The smallest absolute Gasteiger partial charge is 0.315 e. The third-order valence-electron chi connectivity index (χ3n) is 2.97. The second kappa shape index (κ2) is 6.35. The topological polar surface area (TPSA) is 53.2 Å². The highest BCUT2D eigenvalue weighted by molar-refractivity contribution is 5.74. The lowest BCUT2D eigenvalue weighted by molar-refractivity contribution is 0.233. The zero-order valence-corrected chi connectivity index (χ0v) is 10.2. The van der Waals surface area contributed by atoms with Crippen LogP contribution in [-0.2, 0) is 6.54 Å². The highest BCUT2D eigenvalue weighted by atomic mass is 19.1. The van der Waals surface area contributed by atoms with Crippen molar-refractivity contribution < 1.29 is 9.18 Å². The number of hydrogen-bond acceptors (Lipinski definition) is 2. The number of amides is 2. The maximum absolute atomic E-state index is 12.9. The first-order valence-corrected chi connectivity index (χ1v) is 6.23. The Balaban J connectivity index is 1.74. The number of nitrogens with one attached hydrogen (secondary N) is 3. The summed E-state index contributed by atoms with van der Waals surface area (Å²) in [5.74, 6) is -0.286. The van der Waals surface area contributed by atoms with Crippen molar-refractivity contribution in [3.8, 4) is 0 Å². The molecule has 1 aliphatic rings. The van der Waals surface area contributed by atoms with Crippen LogP contribution in [0.15, 0.2) is 24.3 Å². The molecular weight excluding hydrogens is 233 g/mol. The van der Waals surface area contributed by atoms with Crippen molar-refractivity contribution in [2.24, 2.45) is 0 Å². The van der Waals surface area contributed by atoms with Gasteiger partial charge in [0, 0.05) is 19.1 Å². The fourth-order valence-electron chi connectivity index (χ4n) is 2.04. The molecule has 0 bridgehead atoms. The van der Waals surface area contributed by atoms with Gasteiger partial charge in [0.25, 0.3) is 0 Å². The van der Waals surface area contributed by atoms with Gasteiger partial charge in [-0.05, 0) is 37.1 Å². The summed E-state index contributed by atoms with van der Waals surface area (Å²) in [6, 6.07) is 6.21. The molecule has 0 saturated carbocycles. The van der Waals surface area contributed by atoms with E-state index in [1.54, 1.807) is 12.1 Å². The van der Waals surface area contributed by atoms with Gasteiger partial charge in [-0.25, -0.2) is 9.18 Å². The Morgan fingerprint density at radius 2 is 2.39 bits per heavy atom. The molecule has 5 heteroatoms. The second-order valence-electron chi connectivity index (χ2n) is 4.50. The van der Waals surface area contributed by atoms with E-state index in [4.69, 9.17) is 0 Å². The van der Waals surface area contributed by atoms with E-state index in [2.05, 4.69) is 16.0 Å². The van der Waals surface area contributed by atoms with Gasteiger partial charge in [0.05, 0.1) is 0 Å². The van der Waals surface area contributed by atoms with E-state index in [1.165, 1.54) is 12.1 Å². The van der Waals surface area contributed by atoms with Crippen LogP contribution in [0.4, 0.5) is 9.18 Å². The molecule has 1 unspecified atom stereocenters. The third kappa shape index (κ3) is 4.00. The highest BCUT2D eigenvalue weighted by Gasteiger charge is 2.14.